The number of aromatic nitrogens is 2. The van der Waals surface area contributed by atoms with Crippen molar-refractivity contribution in [1.82, 2.24) is 14.0 Å². The molecular weight excluding hydrogens is 415 g/mol. The van der Waals surface area contributed by atoms with Crippen molar-refractivity contribution in [3.63, 3.8) is 0 Å². The Morgan fingerprint density at radius 1 is 1.26 bits per heavy atom. The summed E-state index contributed by atoms with van der Waals surface area (Å²) in [5.74, 6) is 0.0906. The van der Waals surface area contributed by atoms with Crippen molar-refractivity contribution in [2.24, 2.45) is 19.1 Å². The molecule has 2 unspecified atom stereocenters. The molecule has 3 rings (SSSR count). The van der Waals surface area contributed by atoms with Crippen LogP contribution < -0.4 is 11.2 Å². The maximum absolute atomic E-state index is 13.1. The van der Waals surface area contributed by atoms with Gasteiger partial charge in [0.25, 0.3) is 0 Å². The summed E-state index contributed by atoms with van der Waals surface area (Å²) in [4.78, 5) is 6.85. The van der Waals surface area contributed by atoms with Crippen LogP contribution in [-0.4, -0.2) is 46.4 Å². The van der Waals surface area contributed by atoms with Crippen molar-refractivity contribution in [3.05, 3.63) is 51.5 Å². The quantitative estimate of drug-likeness (QED) is 0.693. The van der Waals surface area contributed by atoms with E-state index in [-0.39, 0.29) is 18.0 Å². The van der Waals surface area contributed by atoms with Crippen molar-refractivity contribution < 1.29 is 9.13 Å². The molecule has 0 radical (unpaired) electrons. The SMILES string of the molecule is CN(Cc1ccc(F)cc1)CC1CCCC(CN=c2c(C#N)c(N)n(C)c(=S)n2C)O1. The van der Waals surface area contributed by atoms with Crippen molar-refractivity contribution in [2.75, 3.05) is 25.9 Å². The molecule has 1 aliphatic heterocycles. The minimum absolute atomic E-state index is 0.0201. The first-order valence-corrected chi connectivity index (χ1v) is 10.8. The third kappa shape index (κ3) is 5.58. The lowest BCUT2D eigenvalue weighted by atomic mass is 10.0. The standard InChI is InChI=1S/C22H29FN6OS/c1-27(13-15-7-9-16(23)10-8-15)14-18-6-4-5-17(30-18)12-26-21-19(11-24)20(25)28(2)22(31)29(21)3/h7-10,17-18H,4-6,12-14,25H2,1-3H3. The van der Waals surface area contributed by atoms with Crippen LogP contribution in [0.5, 0.6) is 0 Å². The van der Waals surface area contributed by atoms with E-state index in [2.05, 4.69) is 16.0 Å². The van der Waals surface area contributed by atoms with Crippen LogP contribution in [0.4, 0.5) is 10.2 Å². The van der Waals surface area contributed by atoms with Crippen molar-refractivity contribution in [2.45, 2.75) is 38.0 Å². The van der Waals surface area contributed by atoms with Crippen LogP contribution in [-0.2, 0) is 25.4 Å². The molecule has 2 atom stereocenters. The number of nitriles is 1. The van der Waals surface area contributed by atoms with E-state index in [0.717, 1.165) is 37.9 Å². The van der Waals surface area contributed by atoms with Gasteiger partial charge in [0, 0.05) is 27.2 Å². The number of halogens is 1. The zero-order chi connectivity index (χ0) is 22.5. The molecule has 1 aliphatic rings. The Morgan fingerprint density at radius 3 is 2.61 bits per heavy atom. The maximum Gasteiger partial charge on any atom is 0.182 e. The van der Waals surface area contributed by atoms with Crippen LogP contribution >= 0.6 is 12.2 Å². The number of nitrogen functional groups attached to an aromatic ring is 1. The predicted octanol–water partition coefficient (Wildman–Crippen LogP) is 2.66. The van der Waals surface area contributed by atoms with Gasteiger partial charge in [0.15, 0.2) is 10.3 Å². The molecule has 1 aromatic heterocycles. The zero-order valence-corrected chi connectivity index (χ0v) is 19.0. The predicted molar refractivity (Wildman–Crippen MR) is 120 cm³/mol. The minimum atomic E-state index is -0.223. The van der Waals surface area contributed by atoms with Crippen molar-refractivity contribution in [1.29, 1.82) is 5.26 Å². The van der Waals surface area contributed by atoms with Gasteiger partial charge in [-0.15, -0.1) is 0 Å². The van der Waals surface area contributed by atoms with E-state index in [0.29, 0.717) is 28.2 Å². The molecule has 9 heteroatoms. The molecule has 1 aromatic carbocycles. The molecule has 2 heterocycles. The molecule has 0 saturated carbocycles. The van der Waals surface area contributed by atoms with Gasteiger partial charge >= 0.3 is 0 Å². The van der Waals surface area contributed by atoms with E-state index >= 15 is 0 Å². The van der Waals surface area contributed by atoms with E-state index in [1.807, 2.05) is 7.05 Å². The summed E-state index contributed by atoms with van der Waals surface area (Å²) < 4.78 is 23.2. The van der Waals surface area contributed by atoms with E-state index < -0.39 is 0 Å². The fraction of sp³-hybridized carbons (Fsp3) is 0.500. The summed E-state index contributed by atoms with van der Waals surface area (Å²) in [6.07, 6.45) is 3.06. The van der Waals surface area contributed by atoms with Crippen LogP contribution in [0.25, 0.3) is 0 Å². The zero-order valence-electron chi connectivity index (χ0n) is 18.2. The Balaban J connectivity index is 1.66. The van der Waals surface area contributed by atoms with E-state index in [9.17, 15) is 9.65 Å². The van der Waals surface area contributed by atoms with Gasteiger partial charge in [-0.3, -0.25) is 9.89 Å². The smallest absolute Gasteiger partial charge is 0.182 e. The first-order chi connectivity index (χ1) is 14.8. The third-order valence-corrected chi connectivity index (χ3v) is 6.16. The molecule has 2 aromatic rings. The van der Waals surface area contributed by atoms with Gasteiger partial charge in [0.1, 0.15) is 23.3 Å². The Labute approximate surface area is 187 Å². The largest absolute Gasteiger partial charge is 0.384 e. The fourth-order valence-corrected chi connectivity index (χ4v) is 4.10. The highest BCUT2D eigenvalue weighted by Gasteiger charge is 2.23. The molecular formula is C22H29FN6OS. The third-order valence-electron chi connectivity index (χ3n) is 5.61. The minimum Gasteiger partial charge on any atom is -0.384 e. The number of ether oxygens (including phenoxy) is 1. The van der Waals surface area contributed by atoms with Crippen molar-refractivity contribution in [3.8, 4) is 6.07 Å². The van der Waals surface area contributed by atoms with Gasteiger partial charge in [0.2, 0.25) is 0 Å². The van der Waals surface area contributed by atoms with E-state index in [4.69, 9.17) is 22.7 Å². The lowest BCUT2D eigenvalue weighted by Crippen LogP contribution is -2.38. The molecule has 31 heavy (non-hydrogen) atoms. The number of hydrogen-bond donors (Lipinski definition) is 1. The number of nitrogens with two attached hydrogens (primary N) is 1. The molecule has 0 spiro atoms. The summed E-state index contributed by atoms with van der Waals surface area (Å²) in [7, 11) is 5.56. The topological polar surface area (TPSA) is 84.5 Å². The first kappa shape index (κ1) is 23.1. The second-order valence-electron chi connectivity index (χ2n) is 8.07. The van der Waals surface area contributed by atoms with Crippen molar-refractivity contribution >= 4 is 18.0 Å². The summed E-state index contributed by atoms with van der Waals surface area (Å²) in [6, 6.07) is 8.73. The van der Waals surface area contributed by atoms with Gasteiger partial charge in [-0.05, 0) is 56.2 Å². The summed E-state index contributed by atoms with van der Waals surface area (Å²) in [5.41, 5.74) is 7.94. The average molecular weight is 445 g/mol. The number of hydrogen-bond acceptors (Lipinski definition) is 6. The molecule has 1 fully saturated rings. The molecule has 166 valence electrons. The van der Waals surface area contributed by atoms with Gasteiger partial charge < -0.3 is 19.6 Å². The Hall–Kier alpha value is -2.54. The number of benzene rings is 1. The molecule has 0 aliphatic carbocycles. The van der Waals surface area contributed by atoms with E-state index in [1.165, 1.54) is 12.1 Å². The summed E-state index contributed by atoms with van der Waals surface area (Å²) in [5, 5.41) is 9.55. The first-order valence-electron chi connectivity index (χ1n) is 10.3. The molecule has 0 bridgehead atoms. The van der Waals surface area contributed by atoms with Crippen LogP contribution in [0.3, 0.4) is 0 Å². The second-order valence-corrected chi connectivity index (χ2v) is 8.44. The van der Waals surface area contributed by atoms with E-state index in [1.54, 1.807) is 35.4 Å². The highest BCUT2D eigenvalue weighted by Crippen LogP contribution is 2.20. The highest BCUT2D eigenvalue weighted by atomic mass is 32.1. The fourth-order valence-electron chi connectivity index (χ4n) is 3.91. The van der Waals surface area contributed by atoms with Gasteiger partial charge in [-0.25, -0.2) is 4.39 Å². The van der Waals surface area contributed by atoms with Crippen LogP contribution in [0.2, 0.25) is 0 Å². The number of rotatable bonds is 6. The second kappa shape index (κ2) is 10.2. The average Bonchev–Trinajstić information content (AvgIpc) is 2.75. The lowest BCUT2D eigenvalue weighted by molar-refractivity contribution is -0.0564. The lowest BCUT2D eigenvalue weighted by Gasteiger charge is -2.32. The normalized spacial score (nSPS) is 19.5. The Kier molecular flexibility index (Phi) is 7.59. The van der Waals surface area contributed by atoms with Crippen LogP contribution in [0, 0.1) is 21.9 Å². The maximum atomic E-state index is 13.1. The molecule has 0 amide bonds. The highest BCUT2D eigenvalue weighted by molar-refractivity contribution is 7.71. The number of nitrogens with zero attached hydrogens (tertiary/aromatic N) is 5. The molecule has 2 N–H and O–H groups in total. The van der Waals surface area contributed by atoms with Gasteiger partial charge in [0.05, 0.1) is 18.8 Å². The van der Waals surface area contributed by atoms with Gasteiger partial charge in [-0.2, -0.15) is 5.26 Å². The van der Waals surface area contributed by atoms with Gasteiger partial charge in [-0.1, -0.05) is 12.1 Å². The Bertz CT molecular complexity index is 1090. The van der Waals surface area contributed by atoms with Crippen LogP contribution in [0.15, 0.2) is 29.3 Å². The number of anilines is 1. The summed E-state index contributed by atoms with van der Waals surface area (Å²) >= 11 is 5.39. The number of likely N-dealkylation sites (N-methyl/N-ethyl adjacent to an activating group) is 1. The monoisotopic (exact) mass is 444 g/mol. The Morgan fingerprint density at radius 2 is 1.94 bits per heavy atom. The summed E-state index contributed by atoms with van der Waals surface area (Å²) in [6.45, 7) is 1.97. The van der Waals surface area contributed by atoms with Crippen LogP contribution in [0.1, 0.15) is 30.4 Å². The molecule has 1 saturated heterocycles. The molecule has 7 nitrogen and oxygen atoms in total.